The van der Waals surface area contributed by atoms with Gasteiger partial charge in [0.05, 0.1) is 15.6 Å². The minimum Gasteiger partial charge on any atom is -0.337 e. The molecule has 124 valence electrons. The fourth-order valence-electron chi connectivity index (χ4n) is 2.96. The van der Waals surface area contributed by atoms with Gasteiger partial charge in [0, 0.05) is 36.7 Å². The highest BCUT2D eigenvalue weighted by Crippen LogP contribution is 2.35. The maximum absolute atomic E-state index is 9.50. The van der Waals surface area contributed by atoms with Gasteiger partial charge in [-0.15, -0.1) is 12.4 Å². The van der Waals surface area contributed by atoms with Crippen molar-refractivity contribution >= 4 is 61.2 Å². The Labute approximate surface area is 158 Å². The van der Waals surface area contributed by atoms with E-state index >= 15 is 0 Å². The summed E-state index contributed by atoms with van der Waals surface area (Å²) in [4.78, 5) is 7.14. The van der Waals surface area contributed by atoms with Crippen LogP contribution < -0.4 is 10.2 Å². The van der Waals surface area contributed by atoms with Crippen molar-refractivity contribution < 1.29 is 0 Å². The van der Waals surface area contributed by atoms with Crippen LogP contribution in [0.3, 0.4) is 0 Å². The Morgan fingerprint density at radius 2 is 2.22 bits per heavy atom. The molecular weight excluding hydrogens is 445 g/mol. The molecule has 1 N–H and O–H groups in total. The van der Waals surface area contributed by atoms with Crippen LogP contribution >= 0.6 is 44.3 Å². The lowest BCUT2D eigenvalue weighted by molar-refractivity contribution is 0.487. The SMILES string of the molecule is CCn1c(N2CCNC[C@@H]2C)nc2c(C#N)c(Br)c(Br)cc21.Cl. The Balaban J connectivity index is 0.00000192. The van der Waals surface area contributed by atoms with E-state index in [2.05, 4.69) is 66.6 Å². The third-order valence-corrected chi connectivity index (χ3v) is 6.08. The molecule has 1 aromatic heterocycles. The van der Waals surface area contributed by atoms with Crippen LogP contribution in [0.4, 0.5) is 5.95 Å². The van der Waals surface area contributed by atoms with E-state index in [4.69, 9.17) is 4.98 Å². The molecule has 0 saturated carbocycles. The van der Waals surface area contributed by atoms with E-state index in [1.54, 1.807) is 0 Å². The predicted molar refractivity (Wildman–Crippen MR) is 102 cm³/mol. The summed E-state index contributed by atoms with van der Waals surface area (Å²) in [5.74, 6) is 0.952. The molecule has 5 nitrogen and oxygen atoms in total. The van der Waals surface area contributed by atoms with Gasteiger partial charge in [-0.05, 0) is 51.8 Å². The third kappa shape index (κ3) is 3.10. The number of hydrogen-bond acceptors (Lipinski definition) is 4. The molecule has 1 saturated heterocycles. The van der Waals surface area contributed by atoms with Gasteiger partial charge in [-0.1, -0.05) is 0 Å². The second kappa shape index (κ2) is 7.39. The summed E-state index contributed by atoms with van der Waals surface area (Å²) in [6, 6.07) is 4.69. The molecule has 0 unspecified atom stereocenters. The summed E-state index contributed by atoms with van der Waals surface area (Å²) in [5, 5.41) is 12.9. The number of nitrogens with one attached hydrogen (secondary N) is 1. The topological polar surface area (TPSA) is 56.9 Å². The molecule has 2 aromatic rings. The molecule has 0 radical (unpaired) electrons. The van der Waals surface area contributed by atoms with Gasteiger partial charge in [0.1, 0.15) is 11.6 Å². The van der Waals surface area contributed by atoms with Crippen molar-refractivity contribution in [1.29, 1.82) is 5.26 Å². The van der Waals surface area contributed by atoms with Crippen molar-refractivity contribution in [2.45, 2.75) is 26.4 Å². The van der Waals surface area contributed by atoms with Gasteiger partial charge in [-0.25, -0.2) is 4.98 Å². The van der Waals surface area contributed by atoms with Gasteiger partial charge in [-0.2, -0.15) is 5.26 Å². The molecule has 1 aliphatic rings. The van der Waals surface area contributed by atoms with Crippen molar-refractivity contribution in [2.75, 3.05) is 24.5 Å². The molecule has 3 rings (SSSR count). The lowest BCUT2D eigenvalue weighted by Gasteiger charge is -2.35. The van der Waals surface area contributed by atoms with E-state index in [-0.39, 0.29) is 12.4 Å². The van der Waals surface area contributed by atoms with Crippen molar-refractivity contribution in [3.63, 3.8) is 0 Å². The zero-order chi connectivity index (χ0) is 15.9. The molecule has 23 heavy (non-hydrogen) atoms. The van der Waals surface area contributed by atoms with E-state index in [0.717, 1.165) is 52.1 Å². The van der Waals surface area contributed by atoms with Crippen LogP contribution in [-0.2, 0) is 6.54 Å². The smallest absolute Gasteiger partial charge is 0.206 e. The number of hydrogen-bond donors (Lipinski definition) is 1. The minimum atomic E-state index is 0. The average Bonchev–Trinajstić information content (AvgIpc) is 2.86. The van der Waals surface area contributed by atoms with Crippen LogP contribution in [0.1, 0.15) is 19.4 Å². The molecule has 1 aliphatic heterocycles. The van der Waals surface area contributed by atoms with E-state index in [1.165, 1.54) is 0 Å². The predicted octanol–water partition coefficient (Wildman–Crippen LogP) is 3.67. The summed E-state index contributed by atoms with van der Waals surface area (Å²) in [7, 11) is 0. The van der Waals surface area contributed by atoms with Gasteiger partial charge >= 0.3 is 0 Å². The Bertz CT molecular complexity index is 768. The fraction of sp³-hybridized carbons (Fsp3) is 0.467. The monoisotopic (exact) mass is 461 g/mol. The van der Waals surface area contributed by atoms with E-state index in [0.29, 0.717) is 11.6 Å². The number of nitriles is 1. The first-order valence-electron chi connectivity index (χ1n) is 7.34. The largest absolute Gasteiger partial charge is 0.337 e. The van der Waals surface area contributed by atoms with Crippen molar-refractivity contribution in [3.05, 3.63) is 20.6 Å². The fourth-order valence-corrected chi connectivity index (χ4v) is 3.77. The number of benzene rings is 1. The Morgan fingerprint density at radius 3 is 2.83 bits per heavy atom. The Kier molecular flexibility index (Phi) is 5.95. The van der Waals surface area contributed by atoms with Crippen LogP contribution in [0, 0.1) is 11.3 Å². The quantitative estimate of drug-likeness (QED) is 0.738. The van der Waals surface area contributed by atoms with Crippen LogP contribution in [0.2, 0.25) is 0 Å². The lowest BCUT2D eigenvalue weighted by Crippen LogP contribution is -2.50. The van der Waals surface area contributed by atoms with E-state index in [1.807, 2.05) is 6.07 Å². The number of aromatic nitrogens is 2. The molecular formula is C15H18Br2ClN5. The van der Waals surface area contributed by atoms with Gasteiger partial charge in [0.2, 0.25) is 5.95 Å². The number of piperazine rings is 1. The maximum atomic E-state index is 9.50. The van der Waals surface area contributed by atoms with Crippen molar-refractivity contribution in [3.8, 4) is 6.07 Å². The second-order valence-corrected chi connectivity index (χ2v) is 7.08. The highest BCUT2D eigenvalue weighted by molar-refractivity contribution is 9.13. The zero-order valence-corrected chi connectivity index (χ0v) is 16.9. The number of halogens is 3. The van der Waals surface area contributed by atoms with Crippen LogP contribution in [-0.4, -0.2) is 35.2 Å². The highest BCUT2D eigenvalue weighted by atomic mass is 79.9. The molecule has 0 bridgehead atoms. The summed E-state index contributed by atoms with van der Waals surface area (Å²) >= 11 is 7.01. The Hall–Kier alpha value is -0.810. The summed E-state index contributed by atoms with van der Waals surface area (Å²) in [6.07, 6.45) is 0. The molecule has 1 fully saturated rings. The Morgan fingerprint density at radius 1 is 1.48 bits per heavy atom. The highest BCUT2D eigenvalue weighted by Gasteiger charge is 2.25. The zero-order valence-electron chi connectivity index (χ0n) is 12.9. The van der Waals surface area contributed by atoms with E-state index in [9.17, 15) is 5.26 Å². The molecule has 1 atom stereocenters. The molecule has 0 spiro atoms. The van der Waals surface area contributed by atoms with Crippen LogP contribution in [0.25, 0.3) is 11.0 Å². The molecule has 2 heterocycles. The number of nitrogens with zero attached hydrogens (tertiary/aromatic N) is 4. The van der Waals surface area contributed by atoms with Gasteiger partial charge in [-0.3, -0.25) is 0 Å². The number of fused-ring (bicyclic) bond motifs is 1. The van der Waals surface area contributed by atoms with Crippen molar-refractivity contribution in [2.24, 2.45) is 0 Å². The van der Waals surface area contributed by atoms with Gasteiger partial charge < -0.3 is 14.8 Å². The van der Waals surface area contributed by atoms with Crippen molar-refractivity contribution in [1.82, 2.24) is 14.9 Å². The summed E-state index contributed by atoms with van der Waals surface area (Å²) in [5.41, 5.74) is 2.34. The van der Waals surface area contributed by atoms with Crippen LogP contribution in [0.5, 0.6) is 0 Å². The maximum Gasteiger partial charge on any atom is 0.206 e. The summed E-state index contributed by atoms with van der Waals surface area (Å²) < 4.78 is 3.84. The van der Waals surface area contributed by atoms with E-state index < -0.39 is 0 Å². The van der Waals surface area contributed by atoms with Gasteiger partial charge in [0.15, 0.2) is 0 Å². The normalized spacial score (nSPS) is 17.9. The first-order chi connectivity index (χ1) is 10.6. The molecule has 1 aromatic carbocycles. The lowest BCUT2D eigenvalue weighted by atomic mass is 10.2. The molecule has 0 amide bonds. The number of rotatable bonds is 2. The number of aryl methyl sites for hydroxylation is 1. The molecule has 8 heteroatoms. The first kappa shape index (κ1) is 18.5. The number of imidazole rings is 1. The van der Waals surface area contributed by atoms with Crippen LogP contribution in [0.15, 0.2) is 15.0 Å². The minimum absolute atomic E-state index is 0. The third-order valence-electron chi connectivity index (χ3n) is 4.10. The number of anilines is 1. The standard InChI is InChI=1S/C15H17Br2N5.ClH/c1-3-21-12-6-11(16)13(17)10(7-18)14(12)20-15(21)22-5-4-19-8-9(22)2;/h6,9,19H,3-5,8H2,1-2H3;1H/t9-;/m0./s1. The second-order valence-electron chi connectivity index (χ2n) is 5.43. The summed E-state index contributed by atoms with van der Waals surface area (Å²) in [6.45, 7) is 7.96. The first-order valence-corrected chi connectivity index (χ1v) is 8.92. The van der Waals surface area contributed by atoms with Gasteiger partial charge in [0.25, 0.3) is 0 Å². The average molecular weight is 464 g/mol. The molecule has 0 aliphatic carbocycles.